The van der Waals surface area contributed by atoms with E-state index < -0.39 is 0 Å². The number of nitrogens with one attached hydrogen (secondary N) is 2. The van der Waals surface area contributed by atoms with Gasteiger partial charge in [0.15, 0.2) is 0 Å². The van der Waals surface area contributed by atoms with E-state index in [0.29, 0.717) is 17.9 Å². The van der Waals surface area contributed by atoms with Crippen molar-refractivity contribution in [3.8, 4) is 0 Å². The summed E-state index contributed by atoms with van der Waals surface area (Å²) in [5.41, 5.74) is 0. The largest absolute Gasteiger partial charge is 0.353 e. The maximum absolute atomic E-state index is 12.1. The number of amides is 1. The van der Waals surface area contributed by atoms with Crippen molar-refractivity contribution < 1.29 is 4.79 Å². The highest BCUT2D eigenvalue weighted by atomic mass is 35.5. The van der Waals surface area contributed by atoms with Gasteiger partial charge in [0.1, 0.15) is 0 Å². The fourth-order valence-corrected chi connectivity index (χ4v) is 3.99. The lowest BCUT2D eigenvalue weighted by Gasteiger charge is -2.35. The lowest BCUT2D eigenvalue weighted by molar-refractivity contribution is -0.123. The molecule has 2 unspecified atom stereocenters. The van der Waals surface area contributed by atoms with Crippen LogP contribution in [0, 0.1) is 5.92 Å². The van der Waals surface area contributed by atoms with Gasteiger partial charge in [0.25, 0.3) is 0 Å². The zero-order valence-corrected chi connectivity index (χ0v) is 14.3. The Bertz CT molecular complexity index is 324. The minimum Gasteiger partial charge on any atom is -0.353 e. The number of fused-ring (bicyclic) bond motifs is 1. The number of hydrogen-bond donors (Lipinski definition) is 2. The fourth-order valence-electron chi connectivity index (χ4n) is 3.99. The smallest absolute Gasteiger partial charge is 0.220 e. The van der Waals surface area contributed by atoms with Gasteiger partial charge >= 0.3 is 0 Å². The van der Waals surface area contributed by atoms with Crippen LogP contribution in [0.25, 0.3) is 0 Å². The summed E-state index contributed by atoms with van der Waals surface area (Å²) in [6.45, 7) is 4.63. The Morgan fingerprint density at radius 2 is 1.86 bits per heavy atom. The molecule has 2 N–H and O–H groups in total. The Morgan fingerprint density at radius 1 is 1.10 bits per heavy atom. The Kier molecular flexibility index (Phi) is 8.32. The Balaban J connectivity index is 0.00000110. The molecule has 3 aliphatic rings. The van der Waals surface area contributed by atoms with E-state index in [0.717, 1.165) is 44.8 Å². The molecule has 3 aliphatic heterocycles. The third-order valence-corrected chi connectivity index (χ3v) is 5.12. The standard InChI is InChI=1S/C15H27N3O.2ClH/c19-15(10-12-3-6-16-7-4-12)17-13-5-9-18-8-1-2-14(18)11-13;;/h12-14,16H,1-11H2,(H,17,19);2*1H. The summed E-state index contributed by atoms with van der Waals surface area (Å²) in [7, 11) is 0. The van der Waals surface area contributed by atoms with Crippen LogP contribution in [0.1, 0.15) is 44.9 Å². The number of halogens is 2. The third kappa shape index (κ3) is 5.27. The van der Waals surface area contributed by atoms with Crippen LogP contribution in [0.3, 0.4) is 0 Å². The van der Waals surface area contributed by atoms with Crippen molar-refractivity contribution in [2.24, 2.45) is 5.92 Å². The van der Waals surface area contributed by atoms with Gasteiger partial charge in [-0.2, -0.15) is 0 Å². The second-order valence-corrected chi connectivity index (χ2v) is 6.52. The molecule has 0 aromatic heterocycles. The van der Waals surface area contributed by atoms with E-state index in [-0.39, 0.29) is 24.8 Å². The first-order valence-corrected chi connectivity index (χ1v) is 8.05. The number of hydrogen-bond acceptors (Lipinski definition) is 3. The van der Waals surface area contributed by atoms with Crippen molar-refractivity contribution in [3.05, 3.63) is 0 Å². The third-order valence-electron chi connectivity index (χ3n) is 5.12. The summed E-state index contributed by atoms with van der Waals surface area (Å²) in [6, 6.07) is 1.19. The van der Waals surface area contributed by atoms with Gasteiger partial charge in [0.2, 0.25) is 5.91 Å². The predicted molar refractivity (Wildman–Crippen MR) is 90.5 cm³/mol. The van der Waals surface area contributed by atoms with E-state index in [1.165, 1.54) is 32.4 Å². The molecule has 124 valence electrons. The Labute approximate surface area is 140 Å². The van der Waals surface area contributed by atoms with E-state index in [4.69, 9.17) is 0 Å². The topological polar surface area (TPSA) is 44.4 Å². The molecule has 0 aromatic carbocycles. The number of carbonyl (C=O) groups is 1. The van der Waals surface area contributed by atoms with Crippen LogP contribution in [-0.4, -0.2) is 49.1 Å². The number of carbonyl (C=O) groups excluding carboxylic acids is 1. The molecule has 1 amide bonds. The average Bonchev–Trinajstić information content (AvgIpc) is 2.87. The van der Waals surface area contributed by atoms with Gasteiger partial charge in [-0.25, -0.2) is 0 Å². The van der Waals surface area contributed by atoms with E-state index >= 15 is 0 Å². The first-order chi connectivity index (χ1) is 9.31. The van der Waals surface area contributed by atoms with Gasteiger partial charge in [-0.1, -0.05) is 0 Å². The molecule has 2 atom stereocenters. The highest BCUT2D eigenvalue weighted by Crippen LogP contribution is 2.27. The van der Waals surface area contributed by atoms with Gasteiger partial charge in [-0.15, -0.1) is 24.8 Å². The van der Waals surface area contributed by atoms with Gasteiger partial charge in [-0.3, -0.25) is 4.79 Å². The molecular formula is C15H29Cl2N3O. The summed E-state index contributed by atoms with van der Waals surface area (Å²) in [6.07, 6.45) is 8.07. The zero-order chi connectivity index (χ0) is 13.1. The van der Waals surface area contributed by atoms with Crippen LogP contribution in [-0.2, 0) is 4.79 Å². The molecule has 0 bridgehead atoms. The summed E-state index contributed by atoms with van der Waals surface area (Å²) in [5, 5.41) is 6.65. The average molecular weight is 338 g/mol. The van der Waals surface area contributed by atoms with Crippen molar-refractivity contribution >= 4 is 30.7 Å². The van der Waals surface area contributed by atoms with Gasteiger partial charge in [-0.05, 0) is 64.1 Å². The molecule has 0 aromatic rings. The van der Waals surface area contributed by atoms with Crippen LogP contribution < -0.4 is 10.6 Å². The van der Waals surface area contributed by atoms with Gasteiger partial charge in [0, 0.05) is 25.0 Å². The van der Waals surface area contributed by atoms with Crippen molar-refractivity contribution in [2.45, 2.75) is 57.0 Å². The first-order valence-electron chi connectivity index (χ1n) is 8.05. The first kappa shape index (κ1) is 19.0. The highest BCUT2D eigenvalue weighted by molar-refractivity contribution is 5.85. The van der Waals surface area contributed by atoms with Crippen molar-refractivity contribution in [1.29, 1.82) is 0 Å². The van der Waals surface area contributed by atoms with Crippen LogP contribution in [0.4, 0.5) is 0 Å². The quantitative estimate of drug-likeness (QED) is 0.827. The molecular weight excluding hydrogens is 309 g/mol. The van der Waals surface area contributed by atoms with Crippen LogP contribution in [0.2, 0.25) is 0 Å². The van der Waals surface area contributed by atoms with Crippen molar-refractivity contribution in [3.63, 3.8) is 0 Å². The lowest BCUT2D eigenvalue weighted by atomic mass is 9.93. The molecule has 6 heteroatoms. The molecule has 4 nitrogen and oxygen atoms in total. The number of piperidine rings is 2. The van der Waals surface area contributed by atoms with Gasteiger partial charge in [0.05, 0.1) is 0 Å². The Morgan fingerprint density at radius 3 is 2.62 bits per heavy atom. The van der Waals surface area contributed by atoms with Crippen LogP contribution in [0.5, 0.6) is 0 Å². The molecule has 0 radical (unpaired) electrons. The normalized spacial score (nSPS) is 29.9. The van der Waals surface area contributed by atoms with E-state index in [9.17, 15) is 4.79 Å². The summed E-state index contributed by atoms with van der Waals surface area (Å²) < 4.78 is 0. The molecule has 3 fully saturated rings. The predicted octanol–water partition coefficient (Wildman–Crippen LogP) is 1.96. The second kappa shape index (κ2) is 9.19. The van der Waals surface area contributed by atoms with E-state index in [2.05, 4.69) is 15.5 Å². The minimum atomic E-state index is 0. The number of rotatable bonds is 3. The van der Waals surface area contributed by atoms with Crippen LogP contribution >= 0.6 is 24.8 Å². The van der Waals surface area contributed by atoms with E-state index in [1.807, 2.05) is 0 Å². The molecule has 3 rings (SSSR count). The molecule has 21 heavy (non-hydrogen) atoms. The fraction of sp³-hybridized carbons (Fsp3) is 0.933. The maximum atomic E-state index is 12.1. The van der Waals surface area contributed by atoms with Crippen molar-refractivity contribution in [1.82, 2.24) is 15.5 Å². The second-order valence-electron chi connectivity index (χ2n) is 6.52. The molecule has 0 spiro atoms. The highest BCUT2D eigenvalue weighted by Gasteiger charge is 2.32. The van der Waals surface area contributed by atoms with E-state index in [1.54, 1.807) is 0 Å². The monoisotopic (exact) mass is 337 g/mol. The lowest BCUT2D eigenvalue weighted by Crippen LogP contribution is -2.47. The summed E-state index contributed by atoms with van der Waals surface area (Å²) >= 11 is 0. The molecule has 0 saturated carbocycles. The molecule has 0 aliphatic carbocycles. The maximum Gasteiger partial charge on any atom is 0.220 e. The summed E-state index contributed by atoms with van der Waals surface area (Å²) in [5.74, 6) is 0.899. The number of nitrogens with zero attached hydrogens (tertiary/aromatic N) is 1. The van der Waals surface area contributed by atoms with Crippen LogP contribution in [0.15, 0.2) is 0 Å². The van der Waals surface area contributed by atoms with Crippen molar-refractivity contribution in [2.75, 3.05) is 26.2 Å². The minimum absolute atomic E-state index is 0. The Hall–Kier alpha value is -0.0300. The molecule has 3 heterocycles. The molecule has 3 saturated heterocycles. The van der Waals surface area contributed by atoms with Gasteiger partial charge < -0.3 is 15.5 Å². The SMILES string of the molecule is Cl.Cl.O=C(CC1CCNCC1)NC1CCN2CCCC2C1. The zero-order valence-electron chi connectivity index (χ0n) is 12.7. The summed E-state index contributed by atoms with van der Waals surface area (Å²) in [4.78, 5) is 14.7.